The number of hydrogen-bond acceptors (Lipinski definition) is 3. The number of H-pyrrole nitrogens is 1. The van der Waals surface area contributed by atoms with Crippen LogP contribution in [0.2, 0.25) is 0 Å². The van der Waals surface area contributed by atoms with Gasteiger partial charge in [-0.25, -0.2) is 0 Å². The van der Waals surface area contributed by atoms with Crippen LogP contribution in [0.15, 0.2) is 41.2 Å². The maximum Gasteiger partial charge on any atom is 0.248 e. The first-order chi connectivity index (χ1) is 8.78. The van der Waals surface area contributed by atoms with Gasteiger partial charge in [0.2, 0.25) is 5.56 Å². The van der Waals surface area contributed by atoms with E-state index in [1.165, 1.54) is 6.07 Å². The fraction of sp³-hybridized carbons (Fsp3) is 0.214. The highest BCUT2D eigenvalue weighted by Gasteiger charge is 2.24. The van der Waals surface area contributed by atoms with Gasteiger partial charge in [-0.3, -0.25) is 4.79 Å². The van der Waals surface area contributed by atoms with Crippen LogP contribution in [0.4, 0.5) is 0 Å². The van der Waals surface area contributed by atoms with E-state index in [0.717, 1.165) is 29.0 Å². The van der Waals surface area contributed by atoms with Crippen LogP contribution in [-0.4, -0.2) is 17.6 Å². The lowest BCUT2D eigenvalue weighted by Crippen LogP contribution is -2.24. The van der Waals surface area contributed by atoms with E-state index in [-0.39, 0.29) is 11.7 Å². The minimum Gasteiger partial charge on any atom is -0.488 e. The average molecular weight is 242 g/mol. The highest BCUT2D eigenvalue weighted by molar-refractivity contribution is 5.70. The molecule has 0 saturated carbocycles. The largest absolute Gasteiger partial charge is 0.488 e. The summed E-state index contributed by atoms with van der Waals surface area (Å²) in [5.41, 5.74) is 8.37. The Labute approximate surface area is 104 Å². The van der Waals surface area contributed by atoms with E-state index in [1.54, 1.807) is 6.07 Å². The molecule has 1 unspecified atom stereocenters. The van der Waals surface area contributed by atoms with Crippen LogP contribution in [0.25, 0.3) is 11.3 Å². The summed E-state index contributed by atoms with van der Waals surface area (Å²) in [6.45, 7) is 0.499. The predicted octanol–water partition coefficient (Wildman–Crippen LogP) is 1.30. The quantitative estimate of drug-likeness (QED) is 0.834. The summed E-state index contributed by atoms with van der Waals surface area (Å²) in [6, 6.07) is 11.1. The first kappa shape index (κ1) is 11.0. The van der Waals surface area contributed by atoms with Crippen LogP contribution in [0.1, 0.15) is 5.56 Å². The topological polar surface area (TPSA) is 68.1 Å². The first-order valence-corrected chi connectivity index (χ1v) is 5.96. The zero-order valence-electron chi connectivity index (χ0n) is 9.85. The molecule has 0 bridgehead atoms. The van der Waals surface area contributed by atoms with Crippen LogP contribution in [-0.2, 0) is 6.42 Å². The molecule has 1 aromatic carbocycles. The number of nitrogens with two attached hydrogens (primary N) is 1. The minimum atomic E-state index is -0.113. The van der Waals surface area contributed by atoms with Gasteiger partial charge in [-0.1, -0.05) is 18.2 Å². The van der Waals surface area contributed by atoms with Gasteiger partial charge in [0.1, 0.15) is 11.9 Å². The number of benzene rings is 1. The molecule has 0 saturated heterocycles. The number of hydrogen-bond donors (Lipinski definition) is 2. The summed E-state index contributed by atoms with van der Waals surface area (Å²) in [7, 11) is 0. The first-order valence-electron chi connectivity index (χ1n) is 5.96. The Morgan fingerprint density at radius 2 is 2.11 bits per heavy atom. The molecule has 1 aliphatic heterocycles. The van der Waals surface area contributed by atoms with Gasteiger partial charge in [0.15, 0.2) is 0 Å². The molecule has 2 aromatic rings. The average Bonchev–Trinajstić information content (AvgIpc) is 2.81. The van der Waals surface area contributed by atoms with E-state index in [4.69, 9.17) is 10.5 Å². The predicted molar refractivity (Wildman–Crippen MR) is 69.7 cm³/mol. The van der Waals surface area contributed by atoms with Crippen LogP contribution in [0.3, 0.4) is 0 Å². The second-order valence-corrected chi connectivity index (χ2v) is 4.40. The zero-order chi connectivity index (χ0) is 12.5. The number of nitrogens with one attached hydrogen (secondary N) is 1. The van der Waals surface area contributed by atoms with E-state index in [1.807, 2.05) is 24.3 Å². The van der Waals surface area contributed by atoms with Crippen LogP contribution < -0.4 is 16.0 Å². The Kier molecular flexibility index (Phi) is 2.64. The lowest BCUT2D eigenvalue weighted by Gasteiger charge is -2.10. The molecule has 3 N–H and O–H groups in total. The maximum absolute atomic E-state index is 11.4. The SMILES string of the molecule is NCC1Cc2cccc(-c3cccc(=O)[nH]3)c2O1. The second-order valence-electron chi connectivity index (χ2n) is 4.40. The number of fused-ring (bicyclic) bond motifs is 1. The second kappa shape index (κ2) is 4.31. The molecule has 1 aliphatic rings. The zero-order valence-corrected chi connectivity index (χ0v) is 9.85. The van der Waals surface area contributed by atoms with Gasteiger partial charge in [0.05, 0.1) is 5.69 Å². The summed E-state index contributed by atoms with van der Waals surface area (Å²) in [6.07, 6.45) is 0.869. The molecule has 3 rings (SSSR count). The third-order valence-corrected chi connectivity index (χ3v) is 3.15. The molecule has 1 aromatic heterocycles. The minimum absolute atomic E-state index is 0.0385. The van der Waals surface area contributed by atoms with E-state index >= 15 is 0 Å². The highest BCUT2D eigenvalue weighted by atomic mass is 16.5. The molecule has 18 heavy (non-hydrogen) atoms. The molecule has 0 fully saturated rings. The number of ether oxygens (including phenoxy) is 1. The van der Waals surface area contributed by atoms with Gasteiger partial charge < -0.3 is 15.5 Å². The van der Waals surface area contributed by atoms with Crippen molar-refractivity contribution < 1.29 is 4.74 Å². The van der Waals surface area contributed by atoms with Crippen molar-refractivity contribution >= 4 is 0 Å². The Morgan fingerprint density at radius 1 is 1.28 bits per heavy atom. The van der Waals surface area contributed by atoms with E-state index in [2.05, 4.69) is 4.98 Å². The summed E-state index contributed by atoms with van der Waals surface area (Å²) in [5.74, 6) is 0.842. The molecule has 1 atom stereocenters. The van der Waals surface area contributed by atoms with Crippen molar-refractivity contribution in [3.05, 3.63) is 52.3 Å². The van der Waals surface area contributed by atoms with Gasteiger partial charge >= 0.3 is 0 Å². The third kappa shape index (κ3) is 1.80. The molecular formula is C14H14N2O2. The van der Waals surface area contributed by atoms with Crippen molar-refractivity contribution in [1.29, 1.82) is 0 Å². The molecule has 0 radical (unpaired) electrons. The summed E-state index contributed by atoms with van der Waals surface area (Å²) in [5, 5.41) is 0. The van der Waals surface area contributed by atoms with Gasteiger partial charge in [0.25, 0.3) is 0 Å². The van der Waals surface area contributed by atoms with Crippen molar-refractivity contribution in [3.63, 3.8) is 0 Å². The lowest BCUT2D eigenvalue weighted by molar-refractivity contribution is 0.242. The fourth-order valence-corrected chi connectivity index (χ4v) is 2.29. The van der Waals surface area contributed by atoms with Crippen molar-refractivity contribution in [2.24, 2.45) is 5.73 Å². The number of aromatic amines is 1. The summed E-state index contributed by atoms with van der Waals surface area (Å²) < 4.78 is 5.83. The molecule has 0 aliphatic carbocycles. The Morgan fingerprint density at radius 3 is 2.89 bits per heavy atom. The van der Waals surface area contributed by atoms with Crippen molar-refractivity contribution in [2.75, 3.05) is 6.54 Å². The van der Waals surface area contributed by atoms with E-state index < -0.39 is 0 Å². The molecular weight excluding hydrogens is 228 g/mol. The van der Waals surface area contributed by atoms with Crippen molar-refractivity contribution in [1.82, 2.24) is 4.98 Å². The van der Waals surface area contributed by atoms with Gasteiger partial charge in [-0.15, -0.1) is 0 Å². The standard InChI is InChI=1S/C14H14N2O2/c15-8-10-7-9-3-1-4-11(14(9)18-10)12-5-2-6-13(17)16-12/h1-6,10H,7-8,15H2,(H,16,17). The van der Waals surface area contributed by atoms with Crippen molar-refractivity contribution in [2.45, 2.75) is 12.5 Å². The third-order valence-electron chi connectivity index (χ3n) is 3.15. The molecule has 2 heterocycles. The summed E-state index contributed by atoms with van der Waals surface area (Å²) in [4.78, 5) is 14.2. The normalized spacial score (nSPS) is 17.3. The number of pyridine rings is 1. The molecule has 4 nitrogen and oxygen atoms in total. The van der Waals surface area contributed by atoms with Gasteiger partial charge in [-0.05, 0) is 17.7 Å². The van der Waals surface area contributed by atoms with E-state index in [9.17, 15) is 4.79 Å². The Hall–Kier alpha value is -2.07. The van der Waals surface area contributed by atoms with Crippen LogP contribution in [0.5, 0.6) is 5.75 Å². The fourth-order valence-electron chi connectivity index (χ4n) is 2.29. The lowest BCUT2D eigenvalue weighted by atomic mass is 10.0. The van der Waals surface area contributed by atoms with E-state index in [0.29, 0.717) is 6.54 Å². The Balaban J connectivity index is 2.10. The molecule has 92 valence electrons. The molecule has 4 heteroatoms. The smallest absolute Gasteiger partial charge is 0.248 e. The van der Waals surface area contributed by atoms with Gasteiger partial charge in [0, 0.05) is 24.6 Å². The van der Waals surface area contributed by atoms with Gasteiger partial charge in [-0.2, -0.15) is 0 Å². The monoisotopic (exact) mass is 242 g/mol. The Bertz CT molecular complexity index is 634. The number of aromatic nitrogens is 1. The summed E-state index contributed by atoms with van der Waals surface area (Å²) >= 11 is 0. The van der Waals surface area contributed by atoms with Crippen molar-refractivity contribution in [3.8, 4) is 17.0 Å². The number of para-hydroxylation sites is 1. The molecule has 0 spiro atoms. The van der Waals surface area contributed by atoms with Crippen LogP contribution >= 0.6 is 0 Å². The number of rotatable bonds is 2. The maximum atomic E-state index is 11.4. The molecule has 0 amide bonds. The van der Waals surface area contributed by atoms with Crippen LogP contribution in [0, 0.1) is 0 Å². The highest BCUT2D eigenvalue weighted by Crippen LogP contribution is 2.37.